The highest BCUT2D eigenvalue weighted by Crippen LogP contribution is 2.41. The lowest BCUT2D eigenvalue weighted by Crippen LogP contribution is -2.36. The summed E-state index contributed by atoms with van der Waals surface area (Å²) in [6.07, 6.45) is 5.98. The highest BCUT2D eigenvalue weighted by molar-refractivity contribution is 6.07. The summed E-state index contributed by atoms with van der Waals surface area (Å²) in [5.74, 6) is 0.0269. The van der Waals surface area contributed by atoms with Crippen molar-refractivity contribution < 1.29 is 9.53 Å². The number of imidazole rings is 1. The van der Waals surface area contributed by atoms with Gasteiger partial charge in [-0.25, -0.2) is 4.98 Å². The van der Waals surface area contributed by atoms with Gasteiger partial charge in [-0.15, -0.1) is 0 Å². The van der Waals surface area contributed by atoms with Gasteiger partial charge in [0.25, 0.3) is 0 Å². The van der Waals surface area contributed by atoms with Crippen LogP contribution in [0.4, 0.5) is 0 Å². The molecule has 4 aromatic carbocycles. The van der Waals surface area contributed by atoms with Crippen LogP contribution in [0, 0.1) is 0 Å². The standard InChI is InChI=1S/C35H30N2O2/c1-34(2)33(38)27(24-39-34)22-26-14-12-13-21-31(26)32-23-37(25-36-32)35(28-15-6-3-7-16-28,29-17-8-4-9-18-29)30-19-10-5-11-20-30/h3-23,25H,24H2,1-2H3/b27-22+. The quantitative estimate of drug-likeness (QED) is 0.180. The SMILES string of the molecule is CC1(C)OC/C(=C\c2ccccc2-c2cn(C(c3ccccc3)(c3ccccc3)c3ccccc3)cn2)C1=O. The van der Waals surface area contributed by atoms with Gasteiger partial charge >= 0.3 is 0 Å². The molecule has 39 heavy (non-hydrogen) atoms. The van der Waals surface area contributed by atoms with Gasteiger partial charge in [-0.2, -0.15) is 0 Å². The van der Waals surface area contributed by atoms with Crippen LogP contribution in [0.1, 0.15) is 36.1 Å². The van der Waals surface area contributed by atoms with Crippen molar-refractivity contribution in [1.29, 1.82) is 0 Å². The summed E-state index contributed by atoms with van der Waals surface area (Å²) in [4.78, 5) is 17.8. The fourth-order valence-electron chi connectivity index (χ4n) is 5.56. The fraction of sp³-hybridized carbons (Fsp3) is 0.143. The average molecular weight is 511 g/mol. The number of ketones is 1. The summed E-state index contributed by atoms with van der Waals surface area (Å²) in [5, 5.41) is 0. The first-order valence-corrected chi connectivity index (χ1v) is 13.2. The minimum Gasteiger partial charge on any atom is -0.363 e. The second kappa shape index (κ2) is 9.97. The monoisotopic (exact) mass is 510 g/mol. The van der Waals surface area contributed by atoms with Gasteiger partial charge in [0.2, 0.25) is 0 Å². The van der Waals surface area contributed by atoms with Crippen molar-refractivity contribution in [2.24, 2.45) is 0 Å². The summed E-state index contributed by atoms with van der Waals surface area (Å²) in [7, 11) is 0. The molecule has 1 aromatic heterocycles. The zero-order valence-corrected chi connectivity index (χ0v) is 22.1. The molecule has 0 amide bonds. The van der Waals surface area contributed by atoms with Crippen molar-refractivity contribution in [2.45, 2.75) is 25.0 Å². The van der Waals surface area contributed by atoms with Crippen LogP contribution in [0.5, 0.6) is 0 Å². The molecule has 192 valence electrons. The van der Waals surface area contributed by atoms with E-state index in [0.29, 0.717) is 12.2 Å². The van der Waals surface area contributed by atoms with Crippen LogP contribution in [0.3, 0.4) is 0 Å². The Labute approximate surface area is 229 Å². The Morgan fingerprint density at radius 1 is 0.769 bits per heavy atom. The average Bonchev–Trinajstić information content (AvgIpc) is 3.56. The van der Waals surface area contributed by atoms with Gasteiger partial charge in [-0.05, 0) is 42.2 Å². The lowest BCUT2D eigenvalue weighted by atomic mass is 9.77. The minimum absolute atomic E-state index is 0.0269. The van der Waals surface area contributed by atoms with Crippen molar-refractivity contribution in [3.63, 3.8) is 0 Å². The van der Waals surface area contributed by atoms with Crippen LogP contribution < -0.4 is 0 Å². The number of nitrogens with zero attached hydrogens (tertiary/aromatic N) is 2. The third-order valence-corrected chi connectivity index (χ3v) is 7.54. The Kier molecular flexibility index (Phi) is 6.34. The molecule has 0 bridgehead atoms. The Morgan fingerprint density at radius 3 is 1.79 bits per heavy atom. The summed E-state index contributed by atoms with van der Waals surface area (Å²) >= 11 is 0. The van der Waals surface area contributed by atoms with Crippen LogP contribution in [-0.2, 0) is 15.1 Å². The zero-order chi connectivity index (χ0) is 26.9. The molecular formula is C35H30N2O2. The second-order valence-electron chi connectivity index (χ2n) is 10.4. The summed E-state index contributed by atoms with van der Waals surface area (Å²) in [5.41, 5.74) is 5.40. The molecule has 0 saturated carbocycles. The number of aromatic nitrogens is 2. The number of carbonyl (C=O) groups is 1. The highest BCUT2D eigenvalue weighted by atomic mass is 16.5. The molecule has 1 aliphatic heterocycles. The molecular weight excluding hydrogens is 480 g/mol. The molecule has 0 spiro atoms. The Hall–Kier alpha value is -4.54. The normalized spacial score (nSPS) is 16.1. The molecule has 0 N–H and O–H groups in total. The predicted molar refractivity (Wildman–Crippen MR) is 155 cm³/mol. The van der Waals surface area contributed by atoms with E-state index in [-0.39, 0.29) is 5.78 Å². The van der Waals surface area contributed by atoms with Crippen LogP contribution in [0.15, 0.2) is 133 Å². The molecule has 1 aliphatic rings. The van der Waals surface area contributed by atoms with E-state index in [2.05, 4.69) is 89.6 Å². The number of hydrogen-bond acceptors (Lipinski definition) is 3. The summed E-state index contributed by atoms with van der Waals surface area (Å²) in [6.45, 7) is 3.95. The van der Waals surface area contributed by atoms with Crippen molar-refractivity contribution >= 4 is 11.9 Å². The first kappa shape index (κ1) is 24.8. The number of Topliss-reactive ketones (excluding diaryl/α,β-unsaturated/α-hetero) is 1. The maximum absolute atomic E-state index is 12.9. The Bertz CT molecular complexity index is 1540. The minimum atomic E-state index is -0.789. The number of benzene rings is 4. The molecule has 0 atom stereocenters. The smallest absolute Gasteiger partial charge is 0.192 e. The van der Waals surface area contributed by atoms with Gasteiger partial charge in [0.1, 0.15) is 11.1 Å². The van der Waals surface area contributed by atoms with Gasteiger partial charge in [-0.3, -0.25) is 4.79 Å². The first-order chi connectivity index (χ1) is 19.0. The van der Waals surface area contributed by atoms with E-state index < -0.39 is 11.1 Å². The van der Waals surface area contributed by atoms with Gasteiger partial charge in [0.15, 0.2) is 5.78 Å². The molecule has 0 unspecified atom stereocenters. The summed E-state index contributed by atoms with van der Waals surface area (Å²) < 4.78 is 7.95. The van der Waals surface area contributed by atoms with E-state index in [4.69, 9.17) is 9.72 Å². The molecule has 2 heterocycles. The van der Waals surface area contributed by atoms with E-state index in [1.807, 2.05) is 62.6 Å². The highest BCUT2D eigenvalue weighted by Gasteiger charge is 2.39. The first-order valence-electron chi connectivity index (χ1n) is 13.2. The van der Waals surface area contributed by atoms with E-state index in [1.54, 1.807) is 0 Å². The maximum atomic E-state index is 12.9. The van der Waals surface area contributed by atoms with E-state index in [0.717, 1.165) is 33.5 Å². The molecule has 0 radical (unpaired) electrons. The van der Waals surface area contributed by atoms with E-state index in [9.17, 15) is 4.79 Å². The predicted octanol–water partition coefficient (Wildman–Crippen LogP) is 7.15. The van der Waals surface area contributed by atoms with Crippen LogP contribution in [0.25, 0.3) is 17.3 Å². The lowest BCUT2D eigenvalue weighted by Gasteiger charge is -2.37. The van der Waals surface area contributed by atoms with Crippen LogP contribution >= 0.6 is 0 Å². The molecule has 6 rings (SSSR count). The zero-order valence-electron chi connectivity index (χ0n) is 22.1. The van der Waals surface area contributed by atoms with Gasteiger partial charge < -0.3 is 9.30 Å². The van der Waals surface area contributed by atoms with Crippen molar-refractivity contribution in [3.05, 3.63) is 156 Å². The number of carbonyl (C=O) groups excluding carboxylic acids is 1. The fourth-order valence-corrected chi connectivity index (χ4v) is 5.56. The largest absolute Gasteiger partial charge is 0.363 e. The van der Waals surface area contributed by atoms with E-state index in [1.165, 1.54) is 0 Å². The lowest BCUT2D eigenvalue weighted by molar-refractivity contribution is -0.126. The molecule has 1 fully saturated rings. The third-order valence-electron chi connectivity index (χ3n) is 7.54. The van der Waals surface area contributed by atoms with Crippen molar-refractivity contribution in [3.8, 4) is 11.3 Å². The van der Waals surface area contributed by atoms with Crippen molar-refractivity contribution in [1.82, 2.24) is 9.55 Å². The van der Waals surface area contributed by atoms with Crippen molar-refractivity contribution in [2.75, 3.05) is 6.61 Å². The van der Waals surface area contributed by atoms with Gasteiger partial charge in [0.05, 0.1) is 18.6 Å². The van der Waals surface area contributed by atoms with E-state index >= 15 is 0 Å². The second-order valence-corrected chi connectivity index (χ2v) is 10.4. The molecule has 1 saturated heterocycles. The number of ether oxygens (including phenoxy) is 1. The molecule has 4 nitrogen and oxygen atoms in total. The van der Waals surface area contributed by atoms with Gasteiger partial charge in [0, 0.05) is 17.3 Å². The maximum Gasteiger partial charge on any atom is 0.192 e. The van der Waals surface area contributed by atoms with Gasteiger partial charge in [-0.1, -0.05) is 115 Å². The third kappa shape index (κ3) is 4.33. The molecule has 4 heteroatoms. The molecule has 5 aromatic rings. The van der Waals surface area contributed by atoms with Crippen LogP contribution in [-0.4, -0.2) is 27.5 Å². The Balaban J connectivity index is 1.54. The molecule has 0 aliphatic carbocycles. The number of rotatable bonds is 6. The summed E-state index contributed by atoms with van der Waals surface area (Å²) in [6, 6.07) is 39.7. The van der Waals surface area contributed by atoms with Crippen LogP contribution in [0.2, 0.25) is 0 Å². The topological polar surface area (TPSA) is 44.1 Å². The Morgan fingerprint density at radius 2 is 1.28 bits per heavy atom. The number of hydrogen-bond donors (Lipinski definition) is 0.